The molecule has 2 aliphatic rings. The van der Waals surface area contributed by atoms with Crippen LogP contribution in [0, 0.1) is 17.0 Å². The SMILES string of the molecule is CC(C)(CCN)CC1NC(C(=O)NCCC2COC(C)(C)O2)C(c2cccc(Cl)c2F)C1(N)c1ccc(Cl)cc1F. The lowest BCUT2D eigenvalue weighted by atomic mass is 9.67. The minimum Gasteiger partial charge on any atom is -0.355 e. The Morgan fingerprint density at radius 1 is 1.22 bits per heavy atom. The molecule has 2 fully saturated rings. The molecule has 2 aromatic carbocycles. The van der Waals surface area contributed by atoms with Crippen LogP contribution in [0.4, 0.5) is 8.78 Å². The smallest absolute Gasteiger partial charge is 0.237 e. The Kier molecular flexibility index (Phi) is 9.70. The number of benzene rings is 2. The van der Waals surface area contributed by atoms with Gasteiger partial charge in [0.15, 0.2) is 5.79 Å². The molecule has 5 atom stereocenters. The third kappa shape index (κ3) is 6.88. The van der Waals surface area contributed by atoms with Gasteiger partial charge in [0.25, 0.3) is 0 Å². The number of carbonyl (C=O) groups excluding carboxylic acids is 1. The maximum absolute atomic E-state index is 15.7. The van der Waals surface area contributed by atoms with Crippen molar-refractivity contribution in [3.63, 3.8) is 0 Å². The first-order chi connectivity index (χ1) is 19.2. The number of carbonyl (C=O) groups is 1. The Labute approximate surface area is 250 Å². The van der Waals surface area contributed by atoms with Gasteiger partial charge in [-0.15, -0.1) is 0 Å². The molecule has 6 N–H and O–H groups in total. The molecule has 2 heterocycles. The summed E-state index contributed by atoms with van der Waals surface area (Å²) in [4.78, 5) is 13.8. The maximum atomic E-state index is 15.7. The van der Waals surface area contributed by atoms with Crippen molar-refractivity contribution in [2.75, 3.05) is 19.7 Å². The zero-order valence-electron chi connectivity index (χ0n) is 23.9. The molecular weight excluding hydrogens is 573 g/mol. The van der Waals surface area contributed by atoms with Crippen LogP contribution in [0.1, 0.15) is 64.0 Å². The number of halogens is 4. The molecule has 41 heavy (non-hydrogen) atoms. The van der Waals surface area contributed by atoms with Gasteiger partial charge in [0, 0.05) is 29.1 Å². The second kappa shape index (κ2) is 12.4. The highest BCUT2D eigenvalue weighted by Gasteiger charge is 2.58. The molecule has 0 bridgehead atoms. The summed E-state index contributed by atoms with van der Waals surface area (Å²) >= 11 is 12.3. The van der Waals surface area contributed by atoms with Crippen LogP contribution < -0.4 is 22.1 Å². The number of hydrogen-bond acceptors (Lipinski definition) is 6. The van der Waals surface area contributed by atoms with Gasteiger partial charge in [0.2, 0.25) is 5.91 Å². The fourth-order valence-electron chi connectivity index (χ4n) is 6.21. The van der Waals surface area contributed by atoms with E-state index in [1.165, 1.54) is 18.2 Å². The van der Waals surface area contributed by atoms with Gasteiger partial charge < -0.3 is 31.6 Å². The van der Waals surface area contributed by atoms with E-state index in [4.69, 9.17) is 44.1 Å². The molecule has 0 radical (unpaired) electrons. The fourth-order valence-corrected chi connectivity index (χ4v) is 6.55. The van der Waals surface area contributed by atoms with Gasteiger partial charge in [-0.25, -0.2) is 8.78 Å². The van der Waals surface area contributed by atoms with Gasteiger partial charge in [-0.1, -0.05) is 55.2 Å². The van der Waals surface area contributed by atoms with E-state index in [0.29, 0.717) is 39.0 Å². The van der Waals surface area contributed by atoms with Crippen molar-refractivity contribution in [3.05, 3.63) is 69.2 Å². The molecule has 0 aliphatic carbocycles. The van der Waals surface area contributed by atoms with Crippen LogP contribution in [0.3, 0.4) is 0 Å². The van der Waals surface area contributed by atoms with Crippen molar-refractivity contribution in [1.82, 2.24) is 10.6 Å². The highest BCUT2D eigenvalue weighted by molar-refractivity contribution is 6.31. The average Bonchev–Trinajstić information content (AvgIpc) is 3.36. The third-order valence-electron chi connectivity index (χ3n) is 8.21. The average molecular weight is 614 g/mol. The van der Waals surface area contributed by atoms with Crippen LogP contribution in [0.5, 0.6) is 0 Å². The van der Waals surface area contributed by atoms with E-state index in [-0.39, 0.29) is 32.7 Å². The van der Waals surface area contributed by atoms with Crippen molar-refractivity contribution >= 4 is 29.1 Å². The standard InChI is InChI=1S/C30H40Cl2F2N4O3/c1-28(2,11-12-35)15-23-30(36,20-9-8-17(31)14-22(20)33)24(19-6-5-7-21(32)25(19)34)26(38-23)27(39)37-13-10-18-16-40-29(3,4)41-18/h5-9,14,18,23-24,26,38H,10-13,15-16,35-36H2,1-4H3,(H,37,39). The highest BCUT2D eigenvalue weighted by Crippen LogP contribution is 2.50. The van der Waals surface area contributed by atoms with Gasteiger partial charge in [-0.2, -0.15) is 0 Å². The monoisotopic (exact) mass is 612 g/mol. The zero-order valence-corrected chi connectivity index (χ0v) is 25.4. The topological polar surface area (TPSA) is 112 Å². The molecule has 5 unspecified atom stereocenters. The largest absolute Gasteiger partial charge is 0.355 e. The fraction of sp³-hybridized carbons (Fsp3) is 0.567. The minimum atomic E-state index is -1.56. The predicted molar refractivity (Wildman–Crippen MR) is 157 cm³/mol. The summed E-state index contributed by atoms with van der Waals surface area (Å²) in [5.41, 5.74) is 11.5. The van der Waals surface area contributed by atoms with Crippen LogP contribution >= 0.6 is 23.2 Å². The summed E-state index contributed by atoms with van der Waals surface area (Å²) in [5.74, 6) is -3.43. The second-order valence-corrected chi connectivity index (χ2v) is 13.2. The molecule has 0 spiro atoms. The number of nitrogens with two attached hydrogens (primary N) is 2. The van der Waals surface area contributed by atoms with Crippen LogP contribution in [-0.4, -0.2) is 49.6 Å². The van der Waals surface area contributed by atoms with Gasteiger partial charge in [0.05, 0.1) is 29.3 Å². The Morgan fingerprint density at radius 2 is 1.95 bits per heavy atom. The lowest BCUT2D eigenvalue weighted by molar-refractivity contribution is -0.138. The van der Waals surface area contributed by atoms with Gasteiger partial charge in [0.1, 0.15) is 11.6 Å². The van der Waals surface area contributed by atoms with Gasteiger partial charge >= 0.3 is 0 Å². The van der Waals surface area contributed by atoms with E-state index in [9.17, 15) is 4.79 Å². The summed E-state index contributed by atoms with van der Waals surface area (Å²) in [6, 6.07) is 7.16. The number of hydrogen-bond donors (Lipinski definition) is 4. The van der Waals surface area contributed by atoms with Crippen LogP contribution in [0.2, 0.25) is 10.0 Å². The molecule has 2 aromatic rings. The molecule has 0 aromatic heterocycles. The van der Waals surface area contributed by atoms with Crippen molar-refractivity contribution in [1.29, 1.82) is 0 Å². The molecule has 226 valence electrons. The molecule has 2 aliphatic heterocycles. The molecular formula is C30H40Cl2F2N4O3. The second-order valence-electron chi connectivity index (χ2n) is 12.3. The number of ether oxygens (including phenoxy) is 2. The third-order valence-corrected chi connectivity index (χ3v) is 8.74. The first-order valence-corrected chi connectivity index (χ1v) is 14.7. The first-order valence-electron chi connectivity index (χ1n) is 13.9. The highest BCUT2D eigenvalue weighted by atomic mass is 35.5. The van der Waals surface area contributed by atoms with Crippen LogP contribution in [-0.2, 0) is 19.8 Å². The summed E-state index contributed by atoms with van der Waals surface area (Å²) in [6.45, 7) is 8.89. The maximum Gasteiger partial charge on any atom is 0.237 e. The van der Waals surface area contributed by atoms with Gasteiger partial charge in [-0.3, -0.25) is 4.79 Å². The van der Waals surface area contributed by atoms with E-state index < -0.39 is 46.9 Å². The summed E-state index contributed by atoms with van der Waals surface area (Å²) < 4.78 is 42.9. The summed E-state index contributed by atoms with van der Waals surface area (Å²) in [5, 5.41) is 6.41. The summed E-state index contributed by atoms with van der Waals surface area (Å²) in [7, 11) is 0. The quantitative estimate of drug-likeness (QED) is 0.301. The lowest BCUT2D eigenvalue weighted by Gasteiger charge is -2.40. The first kappa shape index (κ1) is 32.1. The normalized spacial score (nSPS) is 27.8. The van der Waals surface area contributed by atoms with Crippen molar-refractivity contribution in [3.8, 4) is 0 Å². The number of nitrogens with one attached hydrogen (secondary N) is 2. The van der Waals surface area contributed by atoms with Crippen molar-refractivity contribution < 1.29 is 23.0 Å². The molecule has 11 heteroatoms. The van der Waals surface area contributed by atoms with E-state index in [1.54, 1.807) is 18.2 Å². The number of amides is 1. The van der Waals surface area contributed by atoms with E-state index in [0.717, 1.165) is 0 Å². The molecule has 0 saturated carbocycles. The minimum absolute atomic E-state index is 0.117. The van der Waals surface area contributed by atoms with E-state index in [2.05, 4.69) is 10.6 Å². The van der Waals surface area contributed by atoms with Crippen molar-refractivity contribution in [2.24, 2.45) is 16.9 Å². The van der Waals surface area contributed by atoms with Crippen LogP contribution in [0.15, 0.2) is 36.4 Å². The Hall–Kier alpha value is -1.85. The lowest BCUT2D eigenvalue weighted by Crippen LogP contribution is -2.52. The van der Waals surface area contributed by atoms with Crippen LogP contribution in [0.25, 0.3) is 0 Å². The molecule has 1 amide bonds. The Morgan fingerprint density at radius 3 is 2.59 bits per heavy atom. The van der Waals surface area contributed by atoms with Crippen molar-refractivity contribution in [2.45, 2.75) is 82.4 Å². The molecule has 7 nitrogen and oxygen atoms in total. The van der Waals surface area contributed by atoms with Gasteiger partial charge in [-0.05, 0) is 68.8 Å². The Balaban J connectivity index is 1.75. The number of rotatable bonds is 10. The van der Waals surface area contributed by atoms with E-state index in [1.807, 2.05) is 27.7 Å². The molecule has 4 rings (SSSR count). The molecule has 2 saturated heterocycles. The Bertz CT molecular complexity index is 1260. The summed E-state index contributed by atoms with van der Waals surface area (Å²) in [6.07, 6.45) is 1.44. The predicted octanol–water partition coefficient (Wildman–Crippen LogP) is 4.97. The van der Waals surface area contributed by atoms with E-state index >= 15 is 8.78 Å². The zero-order chi connectivity index (χ0) is 30.2.